The predicted octanol–water partition coefficient (Wildman–Crippen LogP) is 2.80. The van der Waals surface area contributed by atoms with Crippen LogP contribution < -0.4 is 20.1 Å². The number of aromatic nitrogens is 2. The SMILES string of the molecule is CN=C(NCCCOc1ccc(OC)cc1)NCc1c(C)nn(C)c1C.I. The number of ether oxygens (including phenoxy) is 2. The lowest BCUT2D eigenvalue weighted by atomic mass is 10.2. The number of halogens is 1. The topological polar surface area (TPSA) is 72.7 Å². The first-order chi connectivity index (χ1) is 12.5. The molecule has 1 aromatic carbocycles. The van der Waals surface area contributed by atoms with E-state index in [9.17, 15) is 0 Å². The zero-order chi connectivity index (χ0) is 18.9. The van der Waals surface area contributed by atoms with Crippen LogP contribution in [0.5, 0.6) is 11.5 Å². The van der Waals surface area contributed by atoms with Gasteiger partial charge in [-0.05, 0) is 44.5 Å². The number of nitrogens with zero attached hydrogens (tertiary/aromatic N) is 3. The Kier molecular flexibility index (Phi) is 9.98. The molecule has 2 N–H and O–H groups in total. The van der Waals surface area contributed by atoms with Gasteiger partial charge in [-0.1, -0.05) is 0 Å². The Bertz CT molecular complexity index is 728. The molecule has 0 radical (unpaired) electrons. The summed E-state index contributed by atoms with van der Waals surface area (Å²) in [6.07, 6.45) is 0.873. The van der Waals surface area contributed by atoms with Crippen molar-refractivity contribution in [3.63, 3.8) is 0 Å². The Labute approximate surface area is 178 Å². The van der Waals surface area contributed by atoms with Crippen LogP contribution in [0.2, 0.25) is 0 Å². The third-order valence-corrected chi connectivity index (χ3v) is 4.26. The van der Waals surface area contributed by atoms with Crippen LogP contribution in [0.3, 0.4) is 0 Å². The van der Waals surface area contributed by atoms with Crippen molar-refractivity contribution in [2.45, 2.75) is 26.8 Å². The van der Waals surface area contributed by atoms with Gasteiger partial charge in [0.25, 0.3) is 0 Å². The van der Waals surface area contributed by atoms with Gasteiger partial charge in [-0.2, -0.15) is 5.10 Å². The molecule has 0 aliphatic carbocycles. The van der Waals surface area contributed by atoms with E-state index in [0.717, 1.165) is 36.1 Å². The number of rotatable bonds is 8. The highest BCUT2D eigenvalue weighted by Crippen LogP contribution is 2.17. The van der Waals surface area contributed by atoms with Gasteiger partial charge in [-0.25, -0.2) is 0 Å². The summed E-state index contributed by atoms with van der Waals surface area (Å²) in [5.74, 6) is 2.45. The Morgan fingerprint density at radius 2 is 1.81 bits per heavy atom. The Balaban J connectivity index is 0.00000364. The number of nitrogens with one attached hydrogen (secondary N) is 2. The second-order valence-electron chi connectivity index (χ2n) is 6.00. The van der Waals surface area contributed by atoms with E-state index in [1.165, 1.54) is 11.3 Å². The summed E-state index contributed by atoms with van der Waals surface area (Å²) in [7, 11) is 5.38. The van der Waals surface area contributed by atoms with E-state index in [0.29, 0.717) is 13.2 Å². The van der Waals surface area contributed by atoms with E-state index < -0.39 is 0 Å². The van der Waals surface area contributed by atoms with Crippen LogP contribution in [-0.2, 0) is 13.6 Å². The maximum absolute atomic E-state index is 5.72. The summed E-state index contributed by atoms with van der Waals surface area (Å²) in [5.41, 5.74) is 3.41. The van der Waals surface area contributed by atoms with Gasteiger partial charge in [0.1, 0.15) is 11.5 Å². The van der Waals surface area contributed by atoms with E-state index in [1.54, 1.807) is 14.2 Å². The van der Waals surface area contributed by atoms with Crippen molar-refractivity contribution in [2.24, 2.45) is 12.0 Å². The summed E-state index contributed by atoms with van der Waals surface area (Å²) in [5, 5.41) is 11.1. The molecule has 0 atom stereocenters. The van der Waals surface area contributed by atoms with Crippen LogP contribution in [0.4, 0.5) is 0 Å². The van der Waals surface area contributed by atoms with Crippen molar-refractivity contribution in [1.82, 2.24) is 20.4 Å². The normalized spacial score (nSPS) is 10.9. The largest absolute Gasteiger partial charge is 0.497 e. The van der Waals surface area contributed by atoms with Crippen LogP contribution in [0.1, 0.15) is 23.4 Å². The molecule has 0 spiro atoms. The van der Waals surface area contributed by atoms with Crippen molar-refractivity contribution < 1.29 is 9.47 Å². The molecule has 150 valence electrons. The van der Waals surface area contributed by atoms with Crippen molar-refractivity contribution in [3.05, 3.63) is 41.2 Å². The Morgan fingerprint density at radius 1 is 1.15 bits per heavy atom. The minimum atomic E-state index is 0. The fraction of sp³-hybridized carbons (Fsp3) is 0.474. The first-order valence-corrected chi connectivity index (χ1v) is 8.75. The molecule has 2 rings (SSSR count). The highest BCUT2D eigenvalue weighted by Gasteiger charge is 2.09. The van der Waals surface area contributed by atoms with E-state index in [1.807, 2.05) is 42.9 Å². The van der Waals surface area contributed by atoms with Gasteiger partial charge < -0.3 is 20.1 Å². The predicted molar refractivity (Wildman–Crippen MR) is 119 cm³/mol. The van der Waals surface area contributed by atoms with Gasteiger partial charge in [-0.3, -0.25) is 9.67 Å². The highest BCUT2D eigenvalue weighted by atomic mass is 127. The van der Waals surface area contributed by atoms with Gasteiger partial charge in [0, 0.05) is 38.4 Å². The summed E-state index contributed by atoms with van der Waals surface area (Å²) in [4.78, 5) is 4.26. The molecular weight excluding hydrogens is 457 g/mol. The number of hydrogen-bond acceptors (Lipinski definition) is 4. The standard InChI is InChI=1S/C19H29N5O2.HI/c1-14-18(15(2)24(4)23-14)13-22-19(20-3)21-11-6-12-26-17-9-7-16(25-5)8-10-17;/h7-10H,6,11-13H2,1-5H3,(H2,20,21,22);1H. The number of aliphatic imine (C=N–C) groups is 1. The lowest BCUT2D eigenvalue weighted by Gasteiger charge is -2.12. The van der Waals surface area contributed by atoms with Gasteiger partial charge in [0.2, 0.25) is 0 Å². The molecular formula is C19H30IN5O2. The van der Waals surface area contributed by atoms with E-state index in [4.69, 9.17) is 9.47 Å². The minimum absolute atomic E-state index is 0. The van der Waals surface area contributed by atoms with Crippen LogP contribution in [0.15, 0.2) is 29.3 Å². The zero-order valence-corrected chi connectivity index (χ0v) is 19.0. The van der Waals surface area contributed by atoms with Crippen LogP contribution in [-0.4, -0.2) is 43.0 Å². The summed E-state index contributed by atoms with van der Waals surface area (Å²) in [6.45, 7) is 6.21. The van der Waals surface area contributed by atoms with Gasteiger partial charge in [-0.15, -0.1) is 24.0 Å². The molecule has 0 saturated heterocycles. The van der Waals surface area contributed by atoms with Gasteiger partial charge in [0.15, 0.2) is 5.96 Å². The molecule has 7 nitrogen and oxygen atoms in total. The third-order valence-electron chi connectivity index (χ3n) is 4.26. The number of guanidine groups is 1. The Morgan fingerprint density at radius 3 is 2.37 bits per heavy atom. The fourth-order valence-electron chi connectivity index (χ4n) is 2.61. The average molecular weight is 487 g/mol. The maximum atomic E-state index is 5.72. The number of methoxy groups -OCH3 is 1. The second-order valence-corrected chi connectivity index (χ2v) is 6.00. The van der Waals surface area contributed by atoms with Crippen molar-refractivity contribution in [1.29, 1.82) is 0 Å². The number of aryl methyl sites for hydroxylation is 2. The average Bonchev–Trinajstić information content (AvgIpc) is 2.90. The molecule has 0 aliphatic heterocycles. The van der Waals surface area contributed by atoms with Crippen LogP contribution in [0, 0.1) is 13.8 Å². The van der Waals surface area contributed by atoms with E-state index in [2.05, 4.69) is 27.6 Å². The second kappa shape index (κ2) is 11.7. The molecule has 0 aliphatic rings. The molecule has 8 heteroatoms. The summed E-state index contributed by atoms with van der Waals surface area (Å²) >= 11 is 0. The van der Waals surface area contributed by atoms with Gasteiger partial charge in [0.05, 0.1) is 19.4 Å². The Hall–Kier alpha value is -1.97. The lowest BCUT2D eigenvalue weighted by molar-refractivity contribution is 0.310. The molecule has 2 aromatic rings. The van der Waals surface area contributed by atoms with Crippen LogP contribution in [0.25, 0.3) is 0 Å². The number of benzene rings is 1. The highest BCUT2D eigenvalue weighted by molar-refractivity contribution is 14.0. The molecule has 0 unspecified atom stereocenters. The smallest absolute Gasteiger partial charge is 0.191 e. The first-order valence-electron chi connectivity index (χ1n) is 8.75. The van der Waals surface area contributed by atoms with Crippen molar-refractivity contribution >= 4 is 29.9 Å². The molecule has 1 heterocycles. The maximum Gasteiger partial charge on any atom is 0.191 e. The molecule has 0 saturated carbocycles. The van der Waals surface area contributed by atoms with Crippen molar-refractivity contribution in [3.8, 4) is 11.5 Å². The zero-order valence-electron chi connectivity index (χ0n) is 16.7. The summed E-state index contributed by atoms with van der Waals surface area (Å²) < 4.78 is 12.8. The fourth-order valence-corrected chi connectivity index (χ4v) is 2.61. The molecule has 0 bridgehead atoms. The molecule has 27 heavy (non-hydrogen) atoms. The molecule has 0 fully saturated rings. The van der Waals surface area contributed by atoms with E-state index in [-0.39, 0.29) is 24.0 Å². The quantitative estimate of drug-likeness (QED) is 0.259. The van der Waals surface area contributed by atoms with E-state index >= 15 is 0 Å². The minimum Gasteiger partial charge on any atom is -0.497 e. The first kappa shape index (κ1) is 23.1. The molecule has 1 aromatic heterocycles. The van der Waals surface area contributed by atoms with Gasteiger partial charge >= 0.3 is 0 Å². The number of hydrogen-bond donors (Lipinski definition) is 2. The van der Waals surface area contributed by atoms with Crippen LogP contribution >= 0.6 is 24.0 Å². The monoisotopic (exact) mass is 487 g/mol. The van der Waals surface area contributed by atoms with Crippen molar-refractivity contribution in [2.75, 3.05) is 27.3 Å². The molecule has 0 amide bonds. The third kappa shape index (κ3) is 6.93. The summed E-state index contributed by atoms with van der Waals surface area (Å²) in [6, 6.07) is 7.60. The lowest BCUT2D eigenvalue weighted by Crippen LogP contribution is -2.37.